The zero-order chi connectivity index (χ0) is 14.7. The molecule has 0 saturated carbocycles. The highest BCUT2D eigenvalue weighted by Gasteiger charge is 2.27. The van der Waals surface area contributed by atoms with E-state index in [4.69, 9.17) is 0 Å². The predicted molar refractivity (Wildman–Crippen MR) is 89.7 cm³/mol. The summed E-state index contributed by atoms with van der Waals surface area (Å²) < 4.78 is 0. The Balaban J connectivity index is 1.68. The molecule has 1 heteroatoms. The van der Waals surface area contributed by atoms with E-state index in [0.717, 1.165) is 18.8 Å². The molecule has 21 heavy (non-hydrogen) atoms. The molecule has 0 aromatic heterocycles. The first-order valence-corrected chi connectivity index (χ1v) is 8.12. The van der Waals surface area contributed by atoms with Crippen molar-refractivity contribution in [2.24, 2.45) is 5.92 Å². The molecule has 1 aliphatic rings. The van der Waals surface area contributed by atoms with Crippen LogP contribution in [-0.4, -0.2) is 13.1 Å². The summed E-state index contributed by atoms with van der Waals surface area (Å²) in [4.78, 5) is 0. The Morgan fingerprint density at radius 1 is 0.952 bits per heavy atom. The average molecular weight is 279 g/mol. The first kappa shape index (κ1) is 14.3. The summed E-state index contributed by atoms with van der Waals surface area (Å²) in [5.41, 5.74) is 5.96. The molecule has 0 amide bonds. The van der Waals surface area contributed by atoms with Crippen molar-refractivity contribution in [3.8, 4) is 0 Å². The van der Waals surface area contributed by atoms with E-state index in [-0.39, 0.29) is 0 Å². The summed E-state index contributed by atoms with van der Waals surface area (Å²) in [6, 6.07) is 18.6. The van der Waals surface area contributed by atoms with Crippen molar-refractivity contribution < 1.29 is 0 Å². The Morgan fingerprint density at radius 3 is 2.05 bits per heavy atom. The van der Waals surface area contributed by atoms with Crippen molar-refractivity contribution in [2.45, 2.75) is 38.6 Å². The summed E-state index contributed by atoms with van der Waals surface area (Å²) in [5.74, 6) is 0.721. The van der Waals surface area contributed by atoms with Crippen LogP contribution in [0.1, 0.15) is 29.2 Å². The Hall–Kier alpha value is -1.60. The van der Waals surface area contributed by atoms with Crippen LogP contribution in [0.25, 0.3) is 0 Å². The van der Waals surface area contributed by atoms with Gasteiger partial charge < -0.3 is 5.32 Å². The number of rotatable bonds is 5. The molecule has 2 aromatic rings. The van der Waals surface area contributed by atoms with Crippen LogP contribution < -0.4 is 5.32 Å². The third-order valence-electron chi connectivity index (χ3n) is 4.91. The standard InChI is InChI=1S/C20H25N/c1-3-15-8-10-16(11-9-15)12-20(21-2)19-13-17-6-4-5-7-18(17)14-19/h4-11,19-21H,3,12-14H2,1-2H3. The molecule has 1 unspecified atom stereocenters. The molecule has 2 aromatic carbocycles. The van der Waals surface area contributed by atoms with Crippen molar-refractivity contribution in [1.82, 2.24) is 5.32 Å². The number of hydrogen-bond donors (Lipinski definition) is 1. The molecule has 3 rings (SSSR count). The van der Waals surface area contributed by atoms with E-state index in [1.165, 1.54) is 24.0 Å². The van der Waals surface area contributed by atoms with Crippen molar-refractivity contribution in [1.29, 1.82) is 0 Å². The molecule has 1 nitrogen and oxygen atoms in total. The van der Waals surface area contributed by atoms with Crippen LogP contribution in [0.5, 0.6) is 0 Å². The summed E-state index contributed by atoms with van der Waals surface area (Å²) in [7, 11) is 2.11. The van der Waals surface area contributed by atoms with E-state index >= 15 is 0 Å². The molecule has 0 heterocycles. The second-order valence-electron chi connectivity index (χ2n) is 6.21. The Labute approximate surface area is 128 Å². The Kier molecular flexibility index (Phi) is 4.40. The lowest BCUT2D eigenvalue weighted by atomic mass is 9.91. The fraction of sp³-hybridized carbons (Fsp3) is 0.400. The van der Waals surface area contributed by atoms with Crippen LogP contribution in [0.2, 0.25) is 0 Å². The minimum atomic E-state index is 0.560. The first-order chi connectivity index (χ1) is 10.3. The van der Waals surface area contributed by atoms with Crippen molar-refractivity contribution in [3.05, 3.63) is 70.8 Å². The fourth-order valence-corrected chi connectivity index (χ4v) is 3.55. The van der Waals surface area contributed by atoms with E-state index in [2.05, 4.69) is 67.8 Å². The van der Waals surface area contributed by atoms with E-state index in [9.17, 15) is 0 Å². The van der Waals surface area contributed by atoms with Gasteiger partial charge in [0.2, 0.25) is 0 Å². The van der Waals surface area contributed by atoms with Gasteiger partial charge in [0.1, 0.15) is 0 Å². The third-order valence-corrected chi connectivity index (χ3v) is 4.91. The van der Waals surface area contributed by atoms with E-state index < -0.39 is 0 Å². The molecule has 0 aliphatic heterocycles. The molecule has 1 N–H and O–H groups in total. The number of nitrogens with one attached hydrogen (secondary N) is 1. The maximum atomic E-state index is 3.56. The fourth-order valence-electron chi connectivity index (χ4n) is 3.55. The summed E-state index contributed by atoms with van der Waals surface area (Å²) in [6.45, 7) is 2.21. The topological polar surface area (TPSA) is 12.0 Å². The van der Waals surface area contributed by atoms with Crippen LogP contribution in [0.15, 0.2) is 48.5 Å². The Bertz CT molecular complexity index is 560. The van der Waals surface area contributed by atoms with Crippen LogP contribution in [0, 0.1) is 5.92 Å². The lowest BCUT2D eigenvalue weighted by Crippen LogP contribution is -2.36. The van der Waals surface area contributed by atoms with Crippen LogP contribution in [0.3, 0.4) is 0 Å². The van der Waals surface area contributed by atoms with Gasteiger partial charge in [0.05, 0.1) is 0 Å². The molecule has 0 bridgehead atoms. The lowest BCUT2D eigenvalue weighted by molar-refractivity contribution is 0.383. The highest BCUT2D eigenvalue weighted by atomic mass is 14.9. The molecule has 1 atom stereocenters. The highest BCUT2D eigenvalue weighted by molar-refractivity contribution is 5.33. The molecule has 0 fully saturated rings. The second-order valence-corrected chi connectivity index (χ2v) is 6.21. The number of likely N-dealkylation sites (N-methyl/N-ethyl adjacent to an activating group) is 1. The SMILES string of the molecule is CCc1ccc(CC(NC)C2Cc3ccccc3C2)cc1. The zero-order valence-corrected chi connectivity index (χ0v) is 13.1. The zero-order valence-electron chi connectivity index (χ0n) is 13.1. The van der Waals surface area contributed by atoms with Gasteiger partial charge >= 0.3 is 0 Å². The van der Waals surface area contributed by atoms with Crippen molar-refractivity contribution in [3.63, 3.8) is 0 Å². The molecule has 110 valence electrons. The summed E-state index contributed by atoms with van der Waals surface area (Å²) >= 11 is 0. The minimum absolute atomic E-state index is 0.560. The first-order valence-electron chi connectivity index (χ1n) is 8.12. The van der Waals surface area contributed by atoms with Gasteiger partial charge in [-0.05, 0) is 60.9 Å². The molecular weight excluding hydrogens is 254 g/mol. The number of fused-ring (bicyclic) bond motifs is 1. The van der Waals surface area contributed by atoms with Crippen LogP contribution in [0.4, 0.5) is 0 Å². The highest BCUT2D eigenvalue weighted by Crippen LogP contribution is 2.29. The monoisotopic (exact) mass is 279 g/mol. The van der Waals surface area contributed by atoms with E-state index in [1.54, 1.807) is 11.1 Å². The summed E-state index contributed by atoms with van der Waals surface area (Å²) in [5, 5.41) is 3.56. The number of benzene rings is 2. The van der Waals surface area contributed by atoms with E-state index in [1.807, 2.05) is 0 Å². The Morgan fingerprint density at radius 2 is 1.52 bits per heavy atom. The third kappa shape index (κ3) is 3.19. The smallest absolute Gasteiger partial charge is 0.0139 e. The number of aryl methyl sites for hydroxylation is 1. The van der Waals surface area contributed by atoms with Gasteiger partial charge in [-0.25, -0.2) is 0 Å². The second kappa shape index (κ2) is 6.44. The van der Waals surface area contributed by atoms with Gasteiger partial charge in [-0.1, -0.05) is 55.5 Å². The van der Waals surface area contributed by atoms with Gasteiger partial charge in [-0.2, -0.15) is 0 Å². The quantitative estimate of drug-likeness (QED) is 0.878. The average Bonchev–Trinajstić information content (AvgIpc) is 2.97. The molecule has 1 aliphatic carbocycles. The van der Waals surface area contributed by atoms with E-state index in [0.29, 0.717) is 6.04 Å². The largest absolute Gasteiger partial charge is 0.316 e. The maximum absolute atomic E-state index is 3.56. The normalized spacial score (nSPS) is 15.9. The molecule has 0 spiro atoms. The van der Waals surface area contributed by atoms with Gasteiger partial charge in [0.15, 0.2) is 0 Å². The minimum Gasteiger partial charge on any atom is -0.316 e. The van der Waals surface area contributed by atoms with Gasteiger partial charge in [-0.15, -0.1) is 0 Å². The van der Waals surface area contributed by atoms with Gasteiger partial charge in [0, 0.05) is 6.04 Å². The summed E-state index contributed by atoms with van der Waals surface area (Å²) in [6.07, 6.45) is 4.68. The van der Waals surface area contributed by atoms with Crippen molar-refractivity contribution in [2.75, 3.05) is 7.05 Å². The molecule has 0 radical (unpaired) electrons. The van der Waals surface area contributed by atoms with Gasteiger partial charge in [-0.3, -0.25) is 0 Å². The maximum Gasteiger partial charge on any atom is 0.0139 e. The van der Waals surface area contributed by atoms with Crippen molar-refractivity contribution >= 4 is 0 Å². The lowest BCUT2D eigenvalue weighted by Gasteiger charge is -2.23. The predicted octanol–water partition coefficient (Wildman–Crippen LogP) is 3.79. The molecule has 0 saturated heterocycles. The van der Waals surface area contributed by atoms with Crippen LogP contribution in [-0.2, 0) is 25.7 Å². The number of hydrogen-bond acceptors (Lipinski definition) is 1. The van der Waals surface area contributed by atoms with Gasteiger partial charge in [0.25, 0.3) is 0 Å². The van der Waals surface area contributed by atoms with Crippen LogP contribution >= 0.6 is 0 Å². The molecular formula is C20H25N.